The zero-order valence-electron chi connectivity index (χ0n) is 11.7. The van der Waals surface area contributed by atoms with Gasteiger partial charge < -0.3 is 15.2 Å². The number of ether oxygens (including phenoxy) is 2. The molecule has 1 heterocycles. The molecule has 0 saturated heterocycles. The Bertz CT molecular complexity index is 485. The van der Waals surface area contributed by atoms with Crippen molar-refractivity contribution in [2.75, 3.05) is 6.61 Å². The molecule has 0 aliphatic carbocycles. The van der Waals surface area contributed by atoms with Gasteiger partial charge in [0, 0.05) is 10.7 Å². The van der Waals surface area contributed by atoms with Crippen LogP contribution in [0.4, 0.5) is 4.79 Å². The molecular formula is C13H18BrClN2O3. The van der Waals surface area contributed by atoms with Crippen LogP contribution in [-0.2, 0) is 4.74 Å². The maximum Gasteiger partial charge on any atom is 0.405 e. The third kappa shape index (κ3) is 5.54. The van der Waals surface area contributed by atoms with Gasteiger partial charge >= 0.3 is 6.09 Å². The second-order valence-electron chi connectivity index (χ2n) is 5.20. The van der Waals surface area contributed by atoms with Crippen molar-refractivity contribution in [2.45, 2.75) is 32.8 Å². The molecule has 112 valence electrons. The maximum absolute atomic E-state index is 11.0. The van der Waals surface area contributed by atoms with E-state index in [1.165, 1.54) is 0 Å². The van der Waals surface area contributed by atoms with Crippen LogP contribution in [0, 0.1) is 5.92 Å². The molecule has 0 aliphatic heterocycles. The number of amides is 1. The van der Waals surface area contributed by atoms with E-state index in [-0.39, 0.29) is 12.5 Å². The first-order valence-electron chi connectivity index (χ1n) is 6.14. The Morgan fingerprint density at radius 3 is 2.75 bits per heavy atom. The lowest BCUT2D eigenvalue weighted by Gasteiger charge is -2.30. The van der Waals surface area contributed by atoms with Crippen LogP contribution < -0.4 is 10.5 Å². The number of nitrogens with zero attached hydrogens (tertiary/aromatic N) is 1. The van der Waals surface area contributed by atoms with E-state index in [1.54, 1.807) is 19.2 Å². The molecule has 0 radical (unpaired) electrons. The standard InChI is InChI=1S/C13H18BrClN2O3/c1-8(2)5-13(3,20-12(16)18)7-19-11-10(15)4-9(14)6-17-11/h4,6,8H,5,7H2,1-3H3,(H2,16,18). The molecular weight excluding hydrogens is 348 g/mol. The fourth-order valence-corrected chi connectivity index (χ4v) is 2.65. The number of hydrogen-bond acceptors (Lipinski definition) is 4. The molecule has 1 aromatic rings. The number of primary amides is 1. The Labute approximate surface area is 131 Å². The zero-order chi connectivity index (χ0) is 15.3. The van der Waals surface area contributed by atoms with Crippen LogP contribution in [0.25, 0.3) is 0 Å². The average molecular weight is 366 g/mol. The first-order valence-corrected chi connectivity index (χ1v) is 7.31. The van der Waals surface area contributed by atoms with Gasteiger partial charge in [-0.1, -0.05) is 25.4 Å². The van der Waals surface area contributed by atoms with Gasteiger partial charge in [0.2, 0.25) is 5.88 Å². The van der Waals surface area contributed by atoms with Crippen molar-refractivity contribution in [3.8, 4) is 5.88 Å². The minimum Gasteiger partial charge on any atom is -0.472 e. The lowest BCUT2D eigenvalue weighted by Crippen LogP contribution is -2.41. The van der Waals surface area contributed by atoms with E-state index in [0.29, 0.717) is 17.4 Å². The van der Waals surface area contributed by atoms with Gasteiger partial charge in [0.15, 0.2) is 0 Å². The van der Waals surface area contributed by atoms with Gasteiger partial charge in [-0.25, -0.2) is 9.78 Å². The third-order valence-corrected chi connectivity index (χ3v) is 3.18. The molecule has 0 fully saturated rings. The second-order valence-corrected chi connectivity index (χ2v) is 6.52. The van der Waals surface area contributed by atoms with E-state index in [4.69, 9.17) is 26.8 Å². The summed E-state index contributed by atoms with van der Waals surface area (Å²) in [7, 11) is 0. The van der Waals surface area contributed by atoms with Gasteiger partial charge in [0.1, 0.15) is 17.2 Å². The summed E-state index contributed by atoms with van der Waals surface area (Å²) in [4.78, 5) is 15.1. The largest absolute Gasteiger partial charge is 0.472 e. The average Bonchev–Trinajstić information content (AvgIpc) is 2.25. The molecule has 5 nitrogen and oxygen atoms in total. The SMILES string of the molecule is CC(C)CC(C)(COc1ncc(Br)cc1Cl)OC(N)=O. The minimum absolute atomic E-state index is 0.127. The summed E-state index contributed by atoms with van der Waals surface area (Å²) >= 11 is 9.28. The molecule has 1 amide bonds. The number of hydrogen-bond donors (Lipinski definition) is 1. The van der Waals surface area contributed by atoms with Crippen molar-refractivity contribution >= 4 is 33.6 Å². The molecule has 0 spiro atoms. The molecule has 0 saturated carbocycles. The minimum atomic E-state index is -0.827. The Morgan fingerprint density at radius 1 is 1.60 bits per heavy atom. The first kappa shape index (κ1) is 17.0. The molecule has 7 heteroatoms. The van der Waals surface area contributed by atoms with Gasteiger partial charge in [-0.05, 0) is 41.3 Å². The van der Waals surface area contributed by atoms with E-state index in [9.17, 15) is 4.79 Å². The normalized spacial score (nSPS) is 13.9. The summed E-state index contributed by atoms with van der Waals surface area (Å²) in [5.74, 6) is 0.606. The first-order chi connectivity index (χ1) is 9.22. The monoisotopic (exact) mass is 364 g/mol. The van der Waals surface area contributed by atoms with Crippen LogP contribution in [0.2, 0.25) is 5.02 Å². The van der Waals surface area contributed by atoms with Gasteiger partial charge in [0.05, 0.1) is 0 Å². The van der Waals surface area contributed by atoms with Gasteiger partial charge in [-0.15, -0.1) is 0 Å². The Balaban J connectivity index is 2.77. The van der Waals surface area contributed by atoms with Gasteiger partial charge in [-0.2, -0.15) is 0 Å². The molecule has 0 bridgehead atoms. The van der Waals surface area contributed by atoms with Crippen molar-refractivity contribution in [2.24, 2.45) is 11.7 Å². The zero-order valence-corrected chi connectivity index (χ0v) is 14.0. The Kier molecular flexibility index (Phi) is 6.07. The highest BCUT2D eigenvalue weighted by atomic mass is 79.9. The topological polar surface area (TPSA) is 74.4 Å². The number of carbonyl (C=O) groups is 1. The molecule has 1 atom stereocenters. The van der Waals surface area contributed by atoms with Crippen molar-refractivity contribution < 1.29 is 14.3 Å². The van der Waals surface area contributed by atoms with E-state index < -0.39 is 11.7 Å². The van der Waals surface area contributed by atoms with Crippen molar-refractivity contribution in [3.63, 3.8) is 0 Å². The number of nitrogens with two attached hydrogens (primary N) is 1. The highest BCUT2D eigenvalue weighted by Crippen LogP contribution is 2.27. The fourth-order valence-electron chi connectivity index (χ4n) is 1.97. The van der Waals surface area contributed by atoms with Crippen molar-refractivity contribution in [3.05, 3.63) is 21.8 Å². The van der Waals surface area contributed by atoms with E-state index in [1.807, 2.05) is 13.8 Å². The van der Waals surface area contributed by atoms with Gasteiger partial charge in [0.25, 0.3) is 0 Å². The Hall–Kier alpha value is -1.01. The number of aromatic nitrogens is 1. The molecule has 0 aliphatic rings. The summed E-state index contributed by atoms with van der Waals surface area (Å²) in [6.07, 6.45) is 1.37. The lowest BCUT2D eigenvalue weighted by atomic mass is 9.95. The predicted molar refractivity (Wildman–Crippen MR) is 81.0 cm³/mol. The van der Waals surface area contributed by atoms with Crippen LogP contribution >= 0.6 is 27.5 Å². The quantitative estimate of drug-likeness (QED) is 0.832. The smallest absolute Gasteiger partial charge is 0.405 e. The third-order valence-electron chi connectivity index (χ3n) is 2.48. The molecule has 1 unspecified atom stereocenters. The van der Waals surface area contributed by atoms with Crippen LogP contribution in [0.15, 0.2) is 16.7 Å². The molecule has 1 aromatic heterocycles. The molecule has 2 N–H and O–H groups in total. The highest BCUT2D eigenvalue weighted by Gasteiger charge is 2.31. The van der Waals surface area contributed by atoms with Crippen LogP contribution in [-0.4, -0.2) is 23.3 Å². The van der Waals surface area contributed by atoms with Crippen LogP contribution in [0.3, 0.4) is 0 Å². The van der Waals surface area contributed by atoms with Crippen molar-refractivity contribution in [1.29, 1.82) is 0 Å². The van der Waals surface area contributed by atoms with Crippen LogP contribution in [0.1, 0.15) is 27.2 Å². The number of halogens is 2. The summed E-state index contributed by atoms with van der Waals surface area (Å²) in [6, 6.07) is 1.68. The highest BCUT2D eigenvalue weighted by molar-refractivity contribution is 9.10. The summed E-state index contributed by atoms with van der Waals surface area (Å²) < 4.78 is 11.5. The molecule has 0 aromatic carbocycles. The Morgan fingerprint density at radius 2 is 2.25 bits per heavy atom. The lowest BCUT2D eigenvalue weighted by molar-refractivity contribution is -0.0196. The molecule has 20 heavy (non-hydrogen) atoms. The summed E-state index contributed by atoms with van der Waals surface area (Å²) in [6.45, 7) is 5.94. The van der Waals surface area contributed by atoms with E-state index in [2.05, 4.69) is 20.9 Å². The predicted octanol–water partition coefficient (Wildman–Crippen LogP) is 3.78. The number of pyridine rings is 1. The van der Waals surface area contributed by atoms with E-state index in [0.717, 1.165) is 4.47 Å². The maximum atomic E-state index is 11.0. The van der Waals surface area contributed by atoms with Gasteiger partial charge in [-0.3, -0.25) is 0 Å². The summed E-state index contributed by atoms with van der Waals surface area (Å²) in [5, 5.41) is 0.380. The summed E-state index contributed by atoms with van der Waals surface area (Å²) in [5.41, 5.74) is 4.29. The number of carbonyl (C=O) groups excluding carboxylic acids is 1. The van der Waals surface area contributed by atoms with E-state index >= 15 is 0 Å². The number of rotatable bonds is 6. The second kappa shape index (κ2) is 7.13. The fraction of sp³-hybridized carbons (Fsp3) is 0.538. The molecule has 1 rings (SSSR count). The van der Waals surface area contributed by atoms with Crippen molar-refractivity contribution in [1.82, 2.24) is 4.98 Å². The van der Waals surface area contributed by atoms with Crippen LogP contribution in [0.5, 0.6) is 5.88 Å².